The summed E-state index contributed by atoms with van der Waals surface area (Å²) in [5.74, 6) is 0.696. The van der Waals surface area contributed by atoms with Crippen molar-refractivity contribution < 1.29 is 4.74 Å². The molecule has 4 heteroatoms. The van der Waals surface area contributed by atoms with Crippen molar-refractivity contribution in [3.8, 4) is 5.88 Å². The number of piperidine rings is 2. The second-order valence-electron chi connectivity index (χ2n) is 5.93. The molecule has 2 bridgehead atoms. The van der Waals surface area contributed by atoms with Crippen molar-refractivity contribution in [3.05, 3.63) is 18.3 Å². The molecule has 2 unspecified atom stereocenters. The molecule has 1 aromatic heterocycles. The third kappa shape index (κ3) is 2.62. The van der Waals surface area contributed by atoms with E-state index in [1.54, 1.807) is 7.11 Å². The summed E-state index contributed by atoms with van der Waals surface area (Å²) >= 11 is 0. The maximum Gasteiger partial charge on any atom is 0.213 e. The molecule has 2 atom stereocenters. The number of nitrogens with zero attached hydrogens (tertiary/aromatic N) is 2. The van der Waals surface area contributed by atoms with E-state index in [0.717, 1.165) is 6.54 Å². The van der Waals surface area contributed by atoms with E-state index in [-0.39, 0.29) is 0 Å². The minimum atomic E-state index is 0.668. The van der Waals surface area contributed by atoms with Crippen molar-refractivity contribution in [1.82, 2.24) is 10.3 Å². The number of nitrogens with one attached hydrogen (secondary N) is 1. The summed E-state index contributed by atoms with van der Waals surface area (Å²) in [5.41, 5.74) is 1.26. The zero-order valence-electron chi connectivity index (χ0n) is 12.5. The third-order valence-corrected chi connectivity index (χ3v) is 4.70. The lowest BCUT2D eigenvalue weighted by molar-refractivity contribution is 0.247. The van der Waals surface area contributed by atoms with E-state index in [9.17, 15) is 0 Å². The van der Waals surface area contributed by atoms with Crippen LogP contribution in [-0.2, 0) is 0 Å². The van der Waals surface area contributed by atoms with E-state index in [0.29, 0.717) is 24.0 Å². The van der Waals surface area contributed by atoms with Crippen molar-refractivity contribution in [2.24, 2.45) is 0 Å². The summed E-state index contributed by atoms with van der Waals surface area (Å²) in [7, 11) is 1.67. The highest BCUT2D eigenvalue weighted by atomic mass is 16.5. The zero-order chi connectivity index (χ0) is 13.9. The maximum absolute atomic E-state index is 5.16. The summed E-state index contributed by atoms with van der Waals surface area (Å²) in [6, 6.07) is 6.16. The standard InChI is InChI=1S/C16H25N3O/c1-3-17-12-9-13-5-4-6-14(10-12)19(13)15-7-8-16(20-2)18-11-15/h7-8,11-14,17H,3-6,9-10H2,1-2H3. The Balaban J connectivity index is 1.78. The quantitative estimate of drug-likeness (QED) is 0.916. The molecule has 2 aliphatic rings. The molecular formula is C16H25N3O. The van der Waals surface area contributed by atoms with Gasteiger partial charge < -0.3 is 15.0 Å². The van der Waals surface area contributed by atoms with Crippen molar-refractivity contribution in [2.75, 3.05) is 18.6 Å². The molecule has 0 saturated carbocycles. The predicted octanol–water partition coefficient (Wildman–Crippen LogP) is 2.59. The summed E-state index contributed by atoms with van der Waals surface area (Å²) in [5, 5.41) is 3.64. The number of ether oxygens (including phenoxy) is 1. The molecule has 0 spiro atoms. The first kappa shape index (κ1) is 13.7. The Hall–Kier alpha value is -1.29. The highest BCUT2D eigenvalue weighted by molar-refractivity contribution is 5.49. The normalized spacial score (nSPS) is 29.3. The average Bonchev–Trinajstić information content (AvgIpc) is 2.47. The first-order valence-electron chi connectivity index (χ1n) is 7.83. The van der Waals surface area contributed by atoms with Crippen LogP contribution in [0.15, 0.2) is 18.3 Å². The average molecular weight is 275 g/mol. The van der Waals surface area contributed by atoms with Gasteiger partial charge >= 0.3 is 0 Å². The van der Waals surface area contributed by atoms with Crippen molar-refractivity contribution in [2.45, 2.75) is 57.2 Å². The number of methoxy groups -OCH3 is 1. The van der Waals surface area contributed by atoms with Crippen LogP contribution in [0.5, 0.6) is 5.88 Å². The lowest BCUT2D eigenvalue weighted by Gasteiger charge is -2.50. The van der Waals surface area contributed by atoms with Gasteiger partial charge in [-0.3, -0.25) is 0 Å². The van der Waals surface area contributed by atoms with E-state index in [2.05, 4.69) is 28.2 Å². The van der Waals surface area contributed by atoms with Gasteiger partial charge in [-0.25, -0.2) is 4.98 Å². The Bertz CT molecular complexity index is 420. The predicted molar refractivity (Wildman–Crippen MR) is 81.4 cm³/mol. The Morgan fingerprint density at radius 1 is 1.30 bits per heavy atom. The van der Waals surface area contributed by atoms with Gasteiger partial charge in [0, 0.05) is 24.2 Å². The number of rotatable bonds is 4. The van der Waals surface area contributed by atoms with Crippen molar-refractivity contribution >= 4 is 5.69 Å². The maximum atomic E-state index is 5.16. The number of hydrogen-bond donors (Lipinski definition) is 1. The Kier molecular flexibility index (Phi) is 4.10. The van der Waals surface area contributed by atoms with Gasteiger partial charge in [0.25, 0.3) is 0 Å². The molecule has 2 aliphatic heterocycles. The van der Waals surface area contributed by atoms with Gasteiger partial charge in [-0.2, -0.15) is 0 Å². The van der Waals surface area contributed by atoms with Gasteiger partial charge in [0.2, 0.25) is 5.88 Å². The Morgan fingerprint density at radius 3 is 2.60 bits per heavy atom. The summed E-state index contributed by atoms with van der Waals surface area (Å²) < 4.78 is 5.16. The Morgan fingerprint density at radius 2 is 2.05 bits per heavy atom. The van der Waals surface area contributed by atoms with Crippen LogP contribution in [0.1, 0.15) is 39.0 Å². The van der Waals surface area contributed by atoms with Crippen molar-refractivity contribution in [1.29, 1.82) is 0 Å². The van der Waals surface area contributed by atoms with Crippen LogP contribution in [0.3, 0.4) is 0 Å². The fraction of sp³-hybridized carbons (Fsp3) is 0.688. The molecule has 4 nitrogen and oxygen atoms in total. The van der Waals surface area contributed by atoms with E-state index in [4.69, 9.17) is 4.74 Å². The van der Waals surface area contributed by atoms with Crippen LogP contribution in [0, 0.1) is 0 Å². The van der Waals surface area contributed by atoms with Crippen LogP contribution in [0.2, 0.25) is 0 Å². The summed E-state index contributed by atoms with van der Waals surface area (Å²) in [6.07, 6.45) is 8.48. The van der Waals surface area contributed by atoms with Crippen LogP contribution < -0.4 is 15.0 Å². The SMILES string of the molecule is CCNC1CC2CCCC(C1)N2c1ccc(OC)nc1. The molecule has 3 rings (SSSR count). The second-order valence-corrected chi connectivity index (χ2v) is 5.93. The van der Waals surface area contributed by atoms with Gasteiger partial charge in [0.15, 0.2) is 0 Å². The molecule has 20 heavy (non-hydrogen) atoms. The highest BCUT2D eigenvalue weighted by Gasteiger charge is 2.38. The van der Waals surface area contributed by atoms with E-state index in [1.807, 2.05) is 12.3 Å². The fourth-order valence-corrected chi connectivity index (χ4v) is 3.90. The zero-order valence-corrected chi connectivity index (χ0v) is 12.5. The third-order valence-electron chi connectivity index (χ3n) is 4.70. The molecule has 1 aromatic rings. The minimum absolute atomic E-state index is 0.668. The van der Waals surface area contributed by atoms with Crippen LogP contribution in [0.4, 0.5) is 5.69 Å². The molecular weight excluding hydrogens is 250 g/mol. The first-order valence-corrected chi connectivity index (χ1v) is 7.83. The topological polar surface area (TPSA) is 37.4 Å². The van der Waals surface area contributed by atoms with E-state index in [1.165, 1.54) is 37.8 Å². The molecule has 2 saturated heterocycles. The lowest BCUT2D eigenvalue weighted by atomic mass is 9.81. The van der Waals surface area contributed by atoms with Gasteiger partial charge in [0.1, 0.15) is 0 Å². The Labute approximate surface area is 121 Å². The van der Waals surface area contributed by atoms with Crippen LogP contribution in [0.25, 0.3) is 0 Å². The molecule has 110 valence electrons. The van der Waals surface area contributed by atoms with Crippen LogP contribution >= 0.6 is 0 Å². The molecule has 0 amide bonds. The molecule has 0 aromatic carbocycles. The summed E-state index contributed by atoms with van der Waals surface area (Å²) in [6.45, 7) is 3.28. The molecule has 2 fully saturated rings. The van der Waals surface area contributed by atoms with E-state index >= 15 is 0 Å². The smallest absolute Gasteiger partial charge is 0.213 e. The molecule has 0 aliphatic carbocycles. The fourth-order valence-electron chi connectivity index (χ4n) is 3.90. The molecule has 3 heterocycles. The lowest BCUT2D eigenvalue weighted by Crippen LogP contribution is -2.56. The highest BCUT2D eigenvalue weighted by Crippen LogP contribution is 2.37. The minimum Gasteiger partial charge on any atom is -0.481 e. The molecule has 1 N–H and O–H groups in total. The van der Waals surface area contributed by atoms with Gasteiger partial charge in [-0.15, -0.1) is 0 Å². The first-order chi connectivity index (χ1) is 9.81. The van der Waals surface area contributed by atoms with E-state index < -0.39 is 0 Å². The number of anilines is 1. The van der Waals surface area contributed by atoms with Gasteiger partial charge in [-0.1, -0.05) is 6.92 Å². The van der Waals surface area contributed by atoms with Gasteiger partial charge in [-0.05, 0) is 44.7 Å². The number of aromatic nitrogens is 1. The largest absolute Gasteiger partial charge is 0.481 e. The number of pyridine rings is 1. The monoisotopic (exact) mass is 275 g/mol. The van der Waals surface area contributed by atoms with Crippen molar-refractivity contribution in [3.63, 3.8) is 0 Å². The number of hydrogen-bond acceptors (Lipinski definition) is 4. The van der Waals surface area contributed by atoms with Gasteiger partial charge in [0.05, 0.1) is 19.0 Å². The number of fused-ring (bicyclic) bond motifs is 2. The van der Waals surface area contributed by atoms with Crippen LogP contribution in [-0.4, -0.2) is 36.8 Å². The summed E-state index contributed by atoms with van der Waals surface area (Å²) in [4.78, 5) is 6.99. The molecule has 0 radical (unpaired) electrons. The second kappa shape index (κ2) is 6.00.